The van der Waals surface area contributed by atoms with Gasteiger partial charge in [0.15, 0.2) is 0 Å². The van der Waals surface area contributed by atoms with E-state index in [2.05, 4.69) is 42.5 Å². The molecule has 3 aromatic rings. The fourth-order valence-corrected chi connectivity index (χ4v) is 2.56. The lowest BCUT2D eigenvalue weighted by molar-refractivity contribution is 1.15. The van der Waals surface area contributed by atoms with Crippen LogP contribution in [0.2, 0.25) is 0 Å². The lowest BCUT2D eigenvalue weighted by Gasteiger charge is -2.07. The number of rotatable bonds is 4. The molecule has 0 amide bonds. The maximum atomic E-state index is 6.00. The first-order chi connectivity index (χ1) is 10.7. The lowest BCUT2D eigenvalue weighted by Crippen LogP contribution is -1.96. The van der Waals surface area contributed by atoms with E-state index in [1.807, 2.05) is 30.3 Å². The van der Waals surface area contributed by atoms with Gasteiger partial charge >= 0.3 is 0 Å². The van der Waals surface area contributed by atoms with Crippen LogP contribution in [0, 0.1) is 0 Å². The Morgan fingerprint density at radius 1 is 0.545 bits per heavy atom. The summed E-state index contributed by atoms with van der Waals surface area (Å²) < 4.78 is 0. The van der Waals surface area contributed by atoms with Crippen molar-refractivity contribution in [2.45, 2.75) is 12.8 Å². The molecule has 4 N–H and O–H groups in total. The van der Waals surface area contributed by atoms with Crippen LogP contribution in [0.25, 0.3) is 0 Å². The van der Waals surface area contributed by atoms with Crippen LogP contribution in [-0.4, -0.2) is 0 Å². The summed E-state index contributed by atoms with van der Waals surface area (Å²) in [4.78, 5) is 0. The van der Waals surface area contributed by atoms with E-state index in [0.29, 0.717) is 0 Å². The van der Waals surface area contributed by atoms with Gasteiger partial charge in [-0.3, -0.25) is 0 Å². The summed E-state index contributed by atoms with van der Waals surface area (Å²) in [6.45, 7) is 0. The molecule has 2 nitrogen and oxygen atoms in total. The minimum Gasteiger partial charge on any atom is -0.399 e. The Morgan fingerprint density at radius 2 is 1.05 bits per heavy atom. The number of para-hydroxylation sites is 1. The van der Waals surface area contributed by atoms with Gasteiger partial charge in [0, 0.05) is 11.4 Å². The Morgan fingerprint density at radius 3 is 1.64 bits per heavy atom. The second kappa shape index (κ2) is 6.35. The second-order valence-corrected chi connectivity index (χ2v) is 5.61. The van der Waals surface area contributed by atoms with Crippen molar-refractivity contribution in [3.05, 3.63) is 95.1 Å². The van der Waals surface area contributed by atoms with Crippen LogP contribution in [0.3, 0.4) is 0 Å². The highest BCUT2D eigenvalue weighted by Gasteiger charge is 2.01. The van der Waals surface area contributed by atoms with Crippen molar-refractivity contribution in [1.82, 2.24) is 0 Å². The van der Waals surface area contributed by atoms with E-state index in [4.69, 9.17) is 11.5 Å². The fourth-order valence-electron chi connectivity index (χ4n) is 2.56. The van der Waals surface area contributed by atoms with Crippen LogP contribution in [-0.2, 0) is 12.8 Å². The third-order valence-corrected chi connectivity index (χ3v) is 3.86. The topological polar surface area (TPSA) is 52.0 Å². The molecule has 0 spiro atoms. The standard InChI is InChI=1S/C20H20N2/c21-19-11-9-16(10-12-19)13-15-5-7-17(8-6-15)14-18-3-1-2-4-20(18)22/h1-12H,13-14,21-22H2. The zero-order chi connectivity index (χ0) is 15.4. The van der Waals surface area contributed by atoms with Gasteiger partial charge < -0.3 is 11.5 Å². The lowest BCUT2D eigenvalue weighted by atomic mass is 9.99. The van der Waals surface area contributed by atoms with Crippen LogP contribution in [0.15, 0.2) is 72.8 Å². The Bertz CT molecular complexity index is 743. The van der Waals surface area contributed by atoms with Crippen LogP contribution in [0.1, 0.15) is 22.3 Å². The van der Waals surface area contributed by atoms with E-state index >= 15 is 0 Å². The molecule has 0 atom stereocenters. The summed E-state index contributed by atoms with van der Waals surface area (Å²) in [6.07, 6.45) is 1.79. The van der Waals surface area contributed by atoms with Gasteiger partial charge in [0.2, 0.25) is 0 Å². The number of hydrogen-bond acceptors (Lipinski definition) is 2. The average molecular weight is 288 g/mol. The summed E-state index contributed by atoms with van der Waals surface area (Å²) in [6, 6.07) is 24.8. The normalized spacial score (nSPS) is 10.5. The average Bonchev–Trinajstić information content (AvgIpc) is 2.54. The van der Waals surface area contributed by atoms with Crippen molar-refractivity contribution < 1.29 is 0 Å². The van der Waals surface area contributed by atoms with Crippen LogP contribution >= 0.6 is 0 Å². The Labute approximate surface area is 131 Å². The highest BCUT2D eigenvalue weighted by Crippen LogP contribution is 2.18. The van der Waals surface area contributed by atoms with Gasteiger partial charge in [-0.25, -0.2) is 0 Å². The van der Waals surface area contributed by atoms with E-state index < -0.39 is 0 Å². The third kappa shape index (κ3) is 3.47. The maximum absolute atomic E-state index is 6.00. The van der Waals surface area contributed by atoms with E-state index in [-0.39, 0.29) is 0 Å². The number of nitrogen functional groups attached to an aromatic ring is 2. The molecular formula is C20H20N2. The van der Waals surface area contributed by atoms with Crippen LogP contribution in [0.4, 0.5) is 11.4 Å². The van der Waals surface area contributed by atoms with E-state index in [1.54, 1.807) is 0 Å². The van der Waals surface area contributed by atoms with Crippen molar-refractivity contribution in [2.75, 3.05) is 11.5 Å². The Balaban J connectivity index is 1.70. The van der Waals surface area contributed by atoms with E-state index in [0.717, 1.165) is 24.2 Å². The molecule has 2 heteroatoms. The molecule has 0 saturated heterocycles. The molecule has 110 valence electrons. The molecule has 0 aliphatic heterocycles. The van der Waals surface area contributed by atoms with Crippen molar-refractivity contribution in [3.8, 4) is 0 Å². The quantitative estimate of drug-likeness (QED) is 0.712. The highest BCUT2D eigenvalue weighted by atomic mass is 14.6. The second-order valence-electron chi connectivity index (χ2n) is 5.61. The Kier molecular flexibility index (Phi) is 4.10. The predicted octanol–water partition coefficient (Wildman–Crippen LogP) is 4.03. The SMILES string of the molecule is Nc1ccc(Cc2ccc(Cc3ccccc3N)cc2)cc1. The molecule has 3 aromatic carbocycles. The first kappa shape index (κ1) is 14.2. The largest absolute Gasteiger partial charge is 0.399 e. The fraction of sp³-hybridized carbons (Fsp3) is 0.100. The van der Waals surface area contributed by atoms with Gasteiger partial charge in [-0.05, 0) is 53.3 Å². The molecule has 0 aliphatic rings. The van der Waals surface area contributed by atoms with E-state index in [1.165, 1.54) is 22.3 Å². The van der Waals surface area contributed by atoms with E-state index in [9.17, 15) is 0 Å². The first-order valence-corrected chi connectivity index (χ1v) is 7.46. The number of anilines is 2. The van der Waals surface area contributed by atoms with Crippen molar-refractivity contribution in [2.24, 2.45) is 0 Å². The number of benzene rings is 3. The molecule has 0 fully saturated rings. The van der Waals surface area contributed by atoms with Crippen molar-refractivity contribution in [3.63, 3.8) is 0 Å². The summed E-state index contributed by atoms with van der Waals surface area (Å²) in [5, 5.41) is 0. The summed E-state index contributed by atoms with van der Waals surface area (Å²) in [5.41, 5.74) is 18.4. The third-order valence-electron chi connectivity index (χ3n) is 3.86. The van der Waals surface area contributed by atoms with Gasteiger partial charge in [0.05, 0.1) is 0 Å². The Hall–Kier alpha value is -2.74. The summed E-state index contributed by atoms with van der Waals surface area (Å²) in [5.74, 6) is 0. The van der Waals surface area contributed by atoms with Gasteiger partial charge in [-0.1, -0.05) is 54.6 Å². The van der Waals surface area contributed by atoms with Crippen LogP contribution < -0.4 is 11.5 Å². The maximum Gasteiger partial charge on any atom is 0.0349 e. The molecule has 0 aromatic heterocycles. The number of hydrogen-bond donors (Lipinski definition) is 2. The van der Waals surface area contributed by atoms with Crippen LogP contribution in [0.5, 0.6) is 0 Å². The van der Waals surface area contributed by atoms with Gasteiger partial charge in [-0.15, -0.1) is 0 Å². The van der Waals surface area contributed by atoms with Crippen molar-refractivity contribution >= 4 is 11.4 Å². The molecule has 3 rings (SSSR count). The van der Waals surface area contributed by atoms with Gasteiger partial charge in [0.25, 0.3) is 0 Å². The van der Waals surface area contributed by atoms with Gasteiger partial charge in [0.1, 0.15) is 0 Å². The highest BCUT2D eigenvalue weighted by molar-refractivity contribution is 5.48. The summed E-state index contributed by atoms with van der Waals surface area (Å²) >= 11 is 0. The summed E-state index contributed by atoms with van der Waals surface area (Å²) in [7, 11) is 0. The first-order valence-electron chi connectivity index (χ1n) is 7.46. The molecule has 0 radical (unpaired) electrons. The van der Waals surface area contributed by atoms with Crippen molar-refractivity contribution in [1.29, 1.82) is 0 Å². The molecule has 0 saturated carbocycles. The number of nitrogens with two attached hydrogens (primary N) is 2. The zero-order valence-corrected chi connectivity index (χ0v) is 12.5. The molecule has 0 bridgehead atoms. The molecule has 0 heterocycles. The minimum absolute atomic E-state index is 0.805. The molecule has 0 unspecified atom stereocenters. The molecular weight excluding hydrogens is 268 g/mol. The predicted molar refractivity (Wildman–Crippen MR) is 93.8 cm³/mol. The van der Waals surface area contributed by atoms with Gasteiger partial charge in [-0.2, -0.15) is 0 Å². The zero-order valence-electron chi connectivity index (χ0n) is 12.5. The monoisotopic (exact) mass is 288 g/mol. The molecule has 0 aliphatic carbocycles. The smallest absolute Gasteiger partial charge is 0.0349 e. The molecule has 22 heavy (non-hydrogen) atoms. The minimum atomic E-state index is 0.805.